The van der Waals surface area contributed by atoms with Gasteiger partial charge in [0.25, 0.3) is 5.91 Å². The second-order valence-electron chi connectivity index (χ2n) is 15.0. The highest BCUT2D eigenvalue weighted by Crippen LogP contribution is 2.46. The van der Waals surface area contributed by atoms with Gasteiger partial charge in [-0.2, -0.15) is 0 Å². The number of benzene rings is 2. The van der Waals surface area contributed by atoms with Crippen molar-refractivity contribution in [2.24, 2.45) is 5.92 Å². The van der Waals surface area contributed by atoms with Crippen LogP contribution >= 0.6 is 0 Å². The number of carbonyl (C=O) groups excluding carboxylic acids is 5. The number of amides is 4. The normalized spacial score (nSPS) is 26.8. The molecule has 0 unspecified atom stereocenters. The van der Waals surface area contributed by atoms with Crippen LogP contribution in [-0.4, -0.2) is 97.4 Å². The minimum atomic E-state index is -3.93. The molecule has 0 radical (unpaired) electrons. The third-order valence-electron chi connectivity index (χ3n) is 9.46. The fourth-order valence-corrected chi connectivity index (χ4v) is 7.80. The smallest absolute Gasteiger partial charge is 0.408 e. The predicted molar refractivity (Wildman–Crippen MR) is 194 cm³/mol. The van der Waals surface area contributed by atoms with Crippen molar-refractivity contribution in [3.05, 3.63) is 72.3 Å². The average molecular weight is 767 g/mol. The zero-order valence-corrected chi connectivity index (χ0v) is 31.3. The van der Waals surface area contributed by atoms with E-state index < -0.39 is 80.3 Å². The van der Waals surface area contributed by atoms with Gasteiger partial charge in [0.05, 0.1) is 24.0 Å². The maximum Gasteiger partial charge on any atom is 0.408 e. The first-order chi connectivity index (χ1) is 25.6. The van der Waals surface area contributed by atoms with E-state index in [2.05, 4.69) is 15.4 Å². The van der Waals surface area contributed by atoms with Gasteiger partial charge in [-0.05, 0) is 89.3 Å². The predicted octanol–water partition coefficient (Wildman–Crippen LogP) is 3.35. The molecule has 290 valence electrons. The fraction of sp³-hybridized carbons (Fsp3) is 0.500. The maximum atomic E-state index is 14.2. The first kappa shape index (κ1) is 38.8. The highest BCUT2D eigenvalue weighted by Gasteiger charge is 2.62. The van der Waals surface area contributed by atoms with Crippen LogP contribution in [0.2, 0.25) is 0 Å². The Labute approximate surface area is 314 Å². The topological polar surface area (TPSA) is 196 Å². The largest absolute Gasteiger partial charge is 0.457 e. The molecule has 2 heterocycles. The molecular weight excluding hydrogens is 721 g/mol. The van der Waals surface area contributed by atoms with Crippen LogP contribution in [0.5, 0.6) is 11.5 Å². The number of rotatable bonds is 8. The molecule has 0 bridgehead atoms. The average Bonchev–Trinajstić information content (AvgIpc) is 4.04. The van der Waals surface area contributed by atoms with Crippen LogP contribution in [0.1, 0.15) is 69.7 Å². The standard InChI is InChI=1S/C38H46N4O11S/c1-37(2,3)53-36(47)39-30-23-50-19-9-5-6-10-25-21-38(25,35(46)41-54(48,49)29-17-18-29)40-32(43)31-20-28(22-42(31)33(30)44)52-34(45)24-13-15-27(16-14-24)51-26-11-7-4-8-12-26/h4,6-8,10-16,25,28-31H,5,9,17-23H2,1-3H3,(H,39,47)(H,40,43)(H,41,46)/b10-6-/t25-,28-,30+,31+,38-/m1/s1. The van der Waals surface area contributed by atoms with Gasteiger partial charge < -0.3 is 34.5 Å². The Hall–Kier alpha value is -4.96. The molecule has 4 aliphatic rings. The summed E-state index contributed by atoms with van der Waals surface area (Å²) >= 11 is 0. The van der Waals surface area contributed by atoms with Gasteiger partial charge in [0.1, 0.15) is 40.8 Å². The number of alkyl carbamates (subject to hydrolysis) is 1. The monoisotopic (exact) mass is 766 g/mol. The molecule has 15 nitrogen and oxygen atoms in total. The number of nitrogens with one attached hydrogen (secondary N) is 3. The highest BCUT2D eigenvalue weighted by molar-refractivity contribution is 7.91. The number of ether oxygens (including phenoxy) is 4. The fourth-order valence-electron chi connectivity index (χ4n) is 6.43. The van der Waals surface area contributed by atoms with Crippen LogP contribution in [0, 0.1) is 5.92 Å². The molecular formula is C38H46N4O11S. The summed E-state index contributed by atoms with van der Waals surface area (Å²) in [5.74, 6) is -2.39. The van der Waals surface area contributed by atoms with Crippen LogP contribution in [0.3, 0.4) is 0 Å². The summed E-state index contributed by atoms with van der Waals surface area (Å²) in [6.07, 6.45) is 3.75. The zero-order chi connectivity index (χ0) is 38.7. The van der Waals surface area contributed by atoms with Gasteiger partial charge in [0.15, 0.2) is 0 Å². The summed E-state index contributed by atoms with van der Waals surface area (Å²) < 4.78 is 50.5. The van der Waals surface area contributed by atoms with Crippen LogP contribution in [-0.2, 0) is 38.6 Å². The SMILES string of the molecule is CC(C)(C)OC(=O)N[C@H]1COCCC/C=C\[C@@H]2C[C@@]2(C(=O)NS(=O)(=O)C2CC2)NC(=O)[C@@H]2C[C@@H](OC(=O)c3ccc(Oc4ccccc4)cc3)CN2C1=O. The van der Waals surface area contributed by atoms with E-state index in [1.54, 1.807) is 51.1 Å². The summed E-state index contributed by atoms with van der Waals surface area (Å²) in [6.45, 7) is 4.80. The van der Waals surface area contributed by atoms with Crippen molar-refractivity contribution < 1.29 is 51.3 Å². The van der Waals surface area contributed by atoms with Crippen molar-refractivity contribution >= 4 is 39.8 Å². The third-order valence-corrected chi connectivity index (χ3v) is 11.3. The number of nitrogens with zero attached hydrogens (tertiary/aromatic N) is 1. The lowest BCUT2D eigenvalue weighted by molar-refractivity contribution is -0.142. The minimum Gasteiger partial charge on any atom is -0.457 e. The lowest BCUT2D eigenvalue weighted by Gasteiger charge is -2.30. The Kier molecular flexibility index (Phi) is 11.3. The number of hydrogen-bond acceptors (Lipinski definition) is 11. The Morgan fingerprint density at radius 1 is 1.00 bits per heavy atom. The van der Waals surface area contributed by atoms with Crippen LogP contribution in [0.25, 0.3) is 0 Å². The molecule has 2 aromatic rings. The van der Waals surface area contributed by atoms with Gasteiger partial charge in [-0.3, -0.25) is 19.1 Å². The van der Waals surface area contributed by atoms with Crippen molar-refractivity contribution in [2.45, 2.75) is 93.9 Å². The Bertz CT molecular complexity index is 1880. The van der Waals surface area contributed by atoms with E-state index >= 15 is 0 Å². The minimum absolute atomic E-state index is 0.142. The summed E-state index contributed by atoms with van der Waals surface area (Å²) in [7, 11) is -3.93. The molecule has 6 rings (SSSR count). The molecule has 3 N–H and O–H groups in total. The van der Waals surface area contributed by atoms with Crippen molar-refractivity contribution in [1.29, 1.82) is 0 Å². The summed E-state index contributed by atoms with van der Waals surface area (Å²) in [4.78, 5) is 69.4. The first-order valence-corrected chi connectivity index (χ1v) is 19.6. The summed E-state index contributed by atoms with van der Waals surface area (Å²) in [5, 5.41) is 4.67. The second kappa shape index (κ2) is 15.8. The Morgan fingerprint density at radius 2 is 1.70 bits per heavy atom. The molecule has 5 atom stereocenters. The molecule has 54 heavy (non-hydrogen) atoms. The van der Waals surface area contributed by atoms with Gasteiger partial charge in [-0.25, -0.2) is 18.0 Å². The molecule has 1 saturated heterocycles. The maximum absolute atomic E-state index is 14.2. The van der Waals surface area contributed by atoms with Crippen LogP contribution < -0.4 is 20.1 Å². The van der Waals surface area contributed by atoms with Crippen molar-refractivity contribution in [1.82, 2.24) is 20.3 Å². The molecule has 2 saturated carbocycles. The van der Waals surface area contributed by atoms with Crippen molar-refractivity contribution in [2.75, 3.05) is 19.8 Å². The highest BCUT2D eigenvalue weighted by atomic mass is 32.2. The summed E-state index contributed by atoms with van der Waals surface area (Å²) in [5.41, 5.74) is -2.24. The molecule has 0 aromatic heterocycles. The number of sulfonamides is 1. The molecule has 2 aliphatic heterocycles. The molecule has 2 aliphatic carbocycles. The van der Waals surface area contributed by atoms with E-state index in [0.29, 0.717) is 37.2 Å². The van der Waals surface area contributed by atoms with E-state index in [1.165, 1.54) is 17.0 Å². The van der Waals surface area contributed by atoms with Gasteiger partial charge in [0, 0.05) is 18.9 Å². The quantitative estimate of drug-likeness (QED) is 0.263. The van der Waals surface area contributed by atoms with E-state index in [0.717, 1.165) is 0 Å². The molecule has 4 amide bonds. The first-order valence-electron chi connectivity index (χ1n) is 18.1. The number of carbonyl (C=O) groups is 5. The molecule has 0 spiro atoms. The Balaban J connectivity index is 1.23. The van der Waals surface area contributed by atoms with E-state index in [4.69, 9.17) is 18.9 Å². The number of para-hydroxylation sites is 1. The van der Waals surface area contributed by atoms with E-state index in [9.17, 15) is 32.4 Å². The zero-order valence-electron chi connectivity index (χ0n) is 30.4. The van der Waals surface area contributed by atoms with Gasteiger partial charge >= 0.3 is 12.1 Å². The lowest BCUT2D eigenvalue weighted by Crippen LogP contribution is -2.59. The Morgan fingerprint density at radius 3 is 2.39 bits per heavy atom. The van der Waals surface area contributed by atoms with E-state index in [1.807, 2.05) is 24.3 Å². The van der Waals surface area contributed by atoms with Crippen molar-refractivity contribution in [3.8, 4) is 11.5 Å². The number of hydrogen-bond donors (Lipinski definition) is 3. The number of allylic oxidation sites excluding steroid dienone is 1. The van der Waals surface area contributed by atoms with Crippen molar-refractivity contribution in [3.63, 3.8) is 0 Å². The third kappa shape index (κ3) is 9.58. The number of fused-ring (bicyclic) bond motifs is 2. The van der Waals surface area contributed by atoms with E-state index in [-0.39, 0.29) is 38.2 Å². The van der Waals surface area contributed by atoms with Gasteiger partial charge in [-0.15, -0.1) is 0 Å². The second-order valence-corrected chi connectivity index (χ2v) is 17.0. The molecule has 2 aromatic carbocycles. The summed E-state index contributed by atoms with van der Waals surface area (Å²) in [6, 6.07) is 12.9. The van der Waals surface area contributed by atoms with Crippen LogP contribution in [0.4, 0.5) is 4.79 Å². The van der Waals surface area contributed by atoms with Gasteiger partial charge in [0.2, 0.25) is 21.8 Å². The lowest BCUT2D eigenvalue weighted by atomic mass is 10.1. The van der Waals surface area contributed by atoms with Gasteiger partial charge in [-0.1, -0.05) is 30.4 Å². The van der Waals surface area contributed by atoms with Crippen LogP contribution in [0.15, 0.2) is 66.7 Å². The molecule has 3 fully saturated rings. The molecule has 16 heteroatoms. The number of esters is 1.